The van der Waals surface area contributed by atoms with E-state index in [-0.39, 0.29) is 30.7 Å². The van der Waals surface area contributed by atoms with Gasteiger partial charge in [-0.25, -0.2) is 4.90 Å². The van der Waals surface area contributed by atoms with E-state index < -0.39 is 0 Å². The van der Waals surface area contributed by atoms with Crippen LogP contribution in [0.4, 0.5) is 5.82 Å². The Labute approximate surface area is 93.0 Å². The minimum atomic E-state index is -0.264. The smallest absolute Gasteiger partial charge is 0.238 e. The Morgan fingerprint density at radius 3 is 2.75 bits per heavy atom. The average Bonchev–Trinajstić information content (AvgIpc) is 2.69. The van der Waals surface area contributed by atoms with Gasteiger partial charge in [0.1, 0.15) is 0 Å². The minimum absolute atomic E-state index is 0.196. The number of aromatic nitrogens is 2. The van der Waals surface area contributed by atoms with E-state index in [4.69, 9.17) is 5.73 Å². The molecular weight excluding hydrogens is 208 g/mol. The number of aryl methyl sites for hydroxylation is 1. The number of hydrogen-bond acceptors (Lipinski definition) is 4. The van der Waals surface area contributed by atoms with Gasteiger partial charge < -0.3 is 5.73 Å². The largest absolute Gasteiger partial charge is 0.326 e. The van der Waals surface area contributed by atoms with Gasteiger partial charge in [-0.05, 0) is 0 Å². The van der Waals surface area contributed by atoms with Crippen LogP contribution in [-0.2, 0) is 23.2 Å². The molecule has 6 heteroatoms. The first-order valence-electron chi connectivity index (χ1n) is 5.14. The monoisotopic (exact) mass is 222 g/mol. The van der Waals surface area contributed by atoms with Crippen molar-refractivity contribution in [2.45, 2.75) is 19.9 Å². The number of nitrogens with two attached hydrogens (primary N) is 1. The van der Waals surface area contributed by atoms with Crippen LogP contribution >= 0.6 is 0 Å². The number of carbonyl (C=O) groups is 2. The maximum atomic E-state index is 11.8. The standard InChI is InChI=1S/C10H14N4O2/c1-6-3-8(15)14(10(6)16)9-7(4-11)5-13(2)12-9/h5-6H,3-4,11H2,1-2H3. The Morgan fingerprint density at radius 1 is 1.56 bits per heavy atom. The van der Waals surface area contributed by atoms with Gasteiger partial charge in [-0.2, -0.15) is 5.10 Å². The van der Waals surface area contributed by atoms with Crippen molar-refractivity contribution in [2.24, 2.45) is 18.7 Å². The number of rotatable bonds is 2. The third-order valence-electron chi connectivity index (χ3n) is 2.69. The number of anilines is 1. The summed E-state index contributed by atoms with van der Waals surface area (Å²) < 4.78 is 1.56. The van der Waals surface area contributed by atoms with Gasteiger partial charge in [0.15, 0.2) is 5.82 Å². The van der Waals surface area contributed by atoms with E-state index in [2.05, 4.69) is 5.10 Å². The first kappa shape index (κ1) is 10.8. The zero-order valence-electron chi connectivity index (χ0n) is 9.30. The van der Waals surface area contributed by atoms with Crippen molar-refractivity contribution in [3.8, 4) is 0 Å². The molecule has 0 aliphatic carbocycles. The van der Waals surface area contributed by atoms with E-state index in [1.165, 1.54) is 0 Å². The highest BCUT2D eigenvalue weighted by molar-refractivity contribution is 6.20. The molecule has 1 aromatic heterocycles. The zero-order valence-corrected chi connectivity index (χ0v) is 9.30. The molecule has 2 N–H and O–H groups in total. The Balaban J connectivity index is 2.43. The van der Waals surface area contributed by atoms with Crippen LogP contribution in [0, 0.1) is 5.92 Å². The number of amides is 2. The maximum Gasteiger partial charge on any atom is 0.238 e. The summed E-state index contributed by atoms with van der Waals surface area (Å²) in [5.41, 5.74) is 6.26. The summed E-state index contributed by atoms with van der Waals surface area (Å²) in [6, 6.07) is 0. The Bertz CT molecular complexity index is 452. The van der Waals surface area contributed by atoms with Gasteiger partial charge in [0.2, 0.25) is 11.8 Å². The summed E-state index contributed by atoms with van der Waals surface area (Å²) in [6.07, 6.45) is 1.97. The fourth-order valence-corrected chi connectivity index (χ4v) is 1.86. The minimum Gasteiger partial charge on any atom is -0.326 e. The summed E-state index contributed by atoms with van der Waals surface area (Å²) in [6.45, 7) is 2.00. The second-order valence-electron chi connectivity index (χ2n) is 4.03. The lowest BCUT2D eigenvalue weighted by Gasteiger charge is -2.12. The van der Waals surface area contributed by atoms with Crippen LogP contribution in [0.25, 0.3) is 0 Å². The SMILES string of the molecule is CC1CC(=O)N(c2nn(C)cc2CN)C1=O. The molecule has 0 radical (unpaired) electrons. The molecule has 1 fully saturated rings. The average molecular weight is 222 g/mol. The zero-order chi connectivity index (χ0) is 11.9. The van der Waals surface area contributed by atoms with Crippen LogP contribution in [0.15, 0.2) is 6.20 Å². The van der Waals surface area contributed by atoms with E-state index in [9.17, 15) is 9.59 Å². The van der Waals surface area contributed by atoms with E-state index in [1.54, 1.807) is 24.9 Å². The number of imide groups is 1. The van der Waals surface area contributed by atoms with Crippen molar-refractivity contribution in [2.75, 3.05) is 4.90 Å². The molecule has 1 aromatic rings. The molecule has 1 aliphatic rings. The number of carbonyl (C=O) groups excluding carboxylic acids is 2. The molecule has 1 aliphatic heterocycles. The van der Waals surface area contributed by atoms with Gasteiger partial charge in [0.05, 0.1) is 0 Å². The molecule has 1 unspecified atom stereocenters. The van der Waals surface area contributed by atoms with Gasteiger partial charge in [0, 0.05) is 37.7 Å². The van der Waals surface area contributed by atoms with Gasteiger partial charge in [-0.1, -0.05) is 6.92 Å². The van der Waals surface area contributed by atoms with Crippen molar-refractivity contribution in [1.82, 2.24) is 9.78 Å². The lowest BCUT2D eigenvalue weighted by Crippen LogP contribution is -2.31. The van der Waals surface area contributed by atoms with Crippen molar-refractivity contribution >= 4 is 17.6 Å². The quantitative estimate of drug-likeness (QED) is 0.701. The summed E-state index contributed by atoms with van der Waals surface area (Å²) in [7, 11) is 1.73. The van der Waals surface area contributed by atoms with Crippen molar-refractivity contribution in [3.05, 3.63) is 11.8 Å². The molecule has 0 spiro atoms. The van der Waals surface area contributed by atoms with E-state index >= 15 is 0 Å². The third-order valence-corrected chi connectivity index (χ3v) is 2.69. The topological polar surface area (TPSA) is 81.2 Å². The molecule has 2 heterocycles. The van der Waals surface area contributed by atoms with Crippen molar-refractivity contribution in [3.63, 3.8) is 0 Å². The van der Waals surface area contributed by atoms with Crippen LogP contribution in [0.2, 0.25) is 0 Å². The molecule has 86 valence electrons. The Morgan fingerprint density at radius 2 is 2.25 bits per heavy atom. The van der Waals surface area contributed by atoms with E-state index in [1.807, 2.05) is 0 Å². The number of hydrogen-bond donors (Lipinski definition) is 1. The molecule has 0 aromatic carbocycles. The van der Waals surface area contributed by atoms with Crippen LogP contribution in [0.5, 0.6) is 0 Å². The molecule has 0 saturated carbocycles. The van der Waals surface area contributed by atoms with Gasteiger partial charge in [-0.3, -0.25) is 14.3 Å². The summed E-state index contributed by atoms with van der Waals surface area (Å²) in [5, 5.41) is 4.12. The Kier molecular flexibility index (Phi) is 2.51. The predicted molar refractivity (Wildman–Crippen MR) is 57.4 cm³/mol. The molecule has 16 heavy (non-hydrogen) atoms. The first-order chi connectivity index (χ1) is 7.54. The van der Waals surface area contributed by atoms with Gasteiger partial charge in [-0.15, -0.1) is 0 Å². The molecule has 0 bridgehead atoms. The highest BCUT2D eigenvalue weighted by Gasteiger charge is 2.38. The molecule has 1 atom stereocenters. The summed E-state index contributed by atoms with van der Waals surface area (Å²) >= 11 is 0. The van der Waals surface area contributed by atoms with Gasteiger partial charge >= 0.3 is 0 Å². The third kappa shape index (κ3) is 1.51. The van der Waals surface area contributed by atoms with E-state index in [0.29, 0.717) is 11.4 Å². The summed E-state index contributed by atoms with van der Waals surface area (Å²) in [4.78, 5) is 24.6. The van der Waals surface area contributed by atoms with Crippen LogP contribution in [-0.4, -0.2) is 21.6 Å². The lowest BCUT2D eigenvalue weighted by molar-refractivity contribution is -0.122. The maximum absolute atomic E-state index is 11.8. The van der Waals surface area contributed by atoms with Crippen molar-refractivity contribution in [1.29, 1.82) is 0 Å². The molecule has 1 saturated heterocycles. The van der Waals surface area contributed by atoms with Crippen molar-refractivity contribution < 1.29 is 9.59 Å². The normalized spacial score (nSPS) is 20.9. The molecular formula is C10H14N4O2. The van der Waals surface area contributed by atoms with Crippen LogP contribution in [0.3, 0.4) is 0 Å². The fourth-order valence-electron chi connectivity index (χ4n) is 1.86. The predicted octanol–water partition coefficient (Wildman–Crippen LogP) is -0.222. The van der Waals surface area contributed by atoms with Crippen LogP contribution < -0.4 is 10.6 Å². The van der Waals surface area contributed by atoms with Gasteiger partial charge in [0.25, 0.3) is 0 Å². The number of nitrogens with zero attached hydrogens (tertiary/aromatic N) is 3. The van der Waals surface area contributed by atoms with Crippen LogP contribution in [0.1, 0.15) is 18.9 Å². The Hall–Kier alpha value is -1.69. The lowest BCUT2D eigenvalue weighted by atomic mass is 10.1. The molecule has 2 rings (SSSR count). The second-order valence-corrected chi connectivity index (χ2v) is 4.03. The highest BCUT2D eigenvalue weighted by Crippen LogP contribution is 2.27. The first-order valence-corrected chi connectivity index (χ1v) is 5.14. The molecule has 2 amide bonds. The molecule has 6 nitrogen and oxygen atoms in total. The van der Waals surface area contributed by atoms with E-state index in [0.717, 1.165) is 4.90 Å². The second kappa shape index (κ2) is 3.71. The fraction of sp³-hybridized carbons (Fsp3) is 0.500. The highest BCUT2D eigenvalue weighted by atomic mass is 16.2. The summed E-state index contributed by atoms with van der Waals surface area (Å²) in [5.74, 6) is -0.284.